The van der Waals surface area contributed by atoms with E-state index in [1.165, 1.54) is 0 Å². The second-order valence-corrected chi connectivity index (χ2v) is 7.32. The maximum absolute atomic E-state index is 12.1. The molecule has 1 aromatic heterocycles. The predicted octanol–water partition coefficient (Wildman–Crippen LogP) is 3.10. The number of hydrogen-bond donors (Lipinski definition) is 2. The molecule has 2 rings (SSSR count). The van der Waals surface area contributed by atoms with Gasteiger partial charge in [-0.25, -0.2) is 4.79 Å². The van der Waals surface area contributed by atoms with Crippen molar-refractivity contribution in [1.82, 2.24) is 10.1 Å². The van der Waals surface area contributed by atoms with E-state index in [1.807, 2.05) is 27.7 Å². The van der Waals surface area contributed by atoms with Gasteiger partial charge >= 0.3 is 5.97 Å². The fraction of sp³-hybridized carbons (Fsp3) is 0.474. The highest BCUT2D eigenvalue weighted by atomic mass is 16.5. The minimum Gasteiger partial charge on any atom is -0.482 e. The Morgan fingerprint density at radius 1 is 1.30 bits per heavy atom. The summed E-state index contributed by atoms with van der Waals surface area (Å²) in [5.74, 6) is 0.472. The van der Waals surface area contributed by atoms with Gasteiger partial charge in [-0.3, -0.25) is 4.79 Å². The largest absolute Gasteiger partial charge is 0.482 e. The van der Waals surface area contributed by atoms with Gasteiger partial charge in [0.25, 0.3) is 0 Å². The molecular formula is C19H25N3O5. The Balaban J connectivity index is 1.81. The summed E-state index contributed by atoms with van der Waals surface area (Å²) in [7, 11) is 0. The number of ether oxygens (including phenoxy) is 1. The fourth-order valence-electron chi connectivity index (χ4n) is 2.29. The summed E-state index contributed by atoms with van der Waals surface area (Å²) in [6.07, 6.45) is 1.46. The van der Waals surface area contributed by atoms with Crippen LogP contribution in [0, 0.1) is 6.92 Å². The maximum Gasteiger partial charge on any atom is 0.341 e. The molecular weight excluding hydrogens is 350 g/mol. The Labute approximate surface area is 157 Å². The van der Waals surface area contributed by atoms with Gasteiger partial charge in [-0.1, -0.05) is 25.9 Å². The van der Waals surface area contributed by atoms with Crippen LogP contribution in [0.1, 0.15) is 50.9 Å². The van der Waals surface area contributed by atoms with Crippen LogP contribution in [-0.4, -0.2) is 33.7 Å². The lowest BCUT2D eigenvalue weighted by atomic mass is 9.96. The topological polar surface area (TPSA) is 115 Å². The molecule has 0 unspecified atom stereocenters. The van der Waals surface area contributed by atoms with E-state index in [1.54, 1.807) is 18.2 Å². The van der Waals surface area contributed by atoms with Crippen molar-refractivity contribution in [2.45, 2.75) is 52.4 Å². The van der Waals surface area contributed by atoms with E-state index in [9.17, 15) is 9.59 Å². The molecule has 0 radical (unpaired) electrons. The number of nitrogens with zero attached hydrogens (tertiary/aromatic N) is 2. The summed E-state index contributed by atoms with van der Waals surface area (Å²) in [6, 6.07) is 5.00. The SMILES string of the molecule is Cc1cc(OCC(=O)O)ccc1NC(=O)CCCc1nc(C(C)(C)C)no1. The molecule has 0 bridgehead atoms. The number of carboxylic acids is 1. The molecule has 0 aliphatic rings. The number of aryl methyl sites for hydroxylation is 2. The number of amides is 1. The molecule has 1 amide bonds. The van der Waals surface area contributed by atoms with Gasteiger partial charge < -0.3 is 19.7 Å². The van der Waals surface area contributed by atoms with Crippen molar-refractivity contribution in [3.63, 3.8) is 0 Å². The molecule has 2 N–H and O–H groups in total. The predicted molar refractivity (Wildman–Crippen MR) is 98.9 cm³/mol. The second kappa shape index (κ2) is 8.66. The maximum atomic E-state index is 12.1. The van der Waals surface area contributed by atoms with Crippen LogP contribution in [-0.2, 0) is 21.4 Å². The Kier molecular flexibility index (Phi) is 6.55. The summed E-state index contributed by atoms with van der Waals surface area (Å²) in [5.41, 5.74) is 1.28. The Hall–Kier alpha value is -2.90. The van der Waals surface area contributed by atoms with Crippen molar-refractivity contribution >= 4 is 17.6 Å². The Morgan fingerprint density at radius 3 is 2.63 bits per heavy atom. The zero-order chi connectivity index (χ0) is 20.0. The number of aliphatic carboxylic acids is 1. The van der Waals surface area contributed by atoms with Crippen molar-refractivity contribution in [2.24, 2.45) is 0 Å². The van der Waals surface area contributed by atoms with Gasteiger partial charge in [0.05, 0.1) is 0 Å². The van der Waals surface area contributed by atoms with Gasteiger partial charge in [0, 0.05) is 23.9 Å². The molecule has 8 heteroatoms. The summed E-state index contributed by atoms with van der Waals surface area (Å²) >= 11 is 0. The third kappa shape index (κ3) is 6.40. The van der Waals surface area contributed by atoms with Crippen molar-refractivity contribution in [1.29, 1.82) is 0 Å². The lowest BCUT2D eigenvalue weighted by molar-refractivity contribution is -0.139. The molecule has 8 nitrogen and oxygen atoms in total. The molecule has 146 valence electrons. The Morgan fingerprint density at radius 2 is 2.04 bits per heavy atom. The smallest absolute Gasteiger partial charge is 0.341 e. The number of carbonyl (C=O) groups is 2. The van der Waals surface area contributed by atoms with Crippen molar-refractivity contribution in [2.75, 3.05) is 11.9 Å². The molecule has 27 heavy (non-hydrogen) atoms. The molecule has 0 fully saturated rings. The first-order chi connectivity index (χ1) is 12.6. The number of rotatable bonds is 8. The van der Waals surface area contributed by atoms with E-state index < -0.39 is 12.6 Å². The highest BCUT2D eigenvalue weighted by molar-refractivity contribution is 5.91. The number of hydrogen-bond acceptors (Lipinski definition) is 6. The van der Waals surface area contributed by atoms with E-state index >= 15 is 0 Å². The van der Waals surface area contributed by atoms with Crippen LogP contribution in [0.25, 0.3) is 0 Å². The molecule has 0 aliphatic heterocycles. The van der Waals surface area contributed by atoms with Crippen LogP contribution < -0.4 is 10.1 Å². The fourth-order valence-corrected chi connectivity index (χ4v) is 2.29. The number of benzene rings is 1. The first kappa shape index (κ1) is 20.4. The zero-order valence-electron chi connectivity index (χ0n) is 16.0. The molecule has 0 aliphatic carbocycles. The average Bonchev–Trinajstić information content (AvgIpc) is 3.04. The molecule has 0 saturated heterocycles. The molecule has 0 spiro atoms. The van der Waals surface area contributed by atoms with Crippen LogP contribution in [0.3, 0.4) is 0 Å². The van der Waals surface area contributed by atoms with Gasteiger partial charge in [0.2, 0.25) is 11.8 Å². The van der Waals surface area contributed by atoms with Gasteiger partial charge in [-0.15, -0.1) is 0 Å². The minimum absolute atomic E-state index is 0.118. The van der Waals surface area contributed by atoms with Crippen LogP contribution >= 0.6 is 0 Å². The van der Waals surface area contributed by atoms with Crippen LogP contribution in [0.4, 0.5) is 5.69 Å². The minimum atomic E-state index is -1.04. The van der Waals surface area contributed by atoms with Crippen LogP contribution in [0.5, 0.6) is 5.75 Å². The highest BCUT2D eigenvalue weighted by Gasteiger charge is 2.20. The van der Waals surface area contributed by atoms with E-state index in [0.29, 0.717) is 42.4 Å². The first-order valence-corrected chi connectivity index (χ1v) is 8.73. The number of anilines is 1. The number of aromatic nitrogens is 2. The average molecular weight is 375 g/mol. The standard InChI is InChI=1S/C19H25N3O5/c1-12-10-13(26-11-17(24)25)8-9-14(12)20-15(23)6-5-7-16-21-18(22-27-16)19(2,3)4/h8-10H,5-7,11H2,1-4H3,(H,20,23)(H,24,25). The summed E-state index contributed by atoms with van der Waals surface area (Å²) < 4.78 is 10.3. The quantitative estimate of drug-likeness (QED) is 0.728. The van der Waals surface area contributed by atoms with E-state index in [-0.39, 0.29) is 11.3 Å². The Bertz CT molecular complexity index is 808. The highest BCUT2D eigenvalue weighted by Crippen LogP contribution is 2.22. The van der Waals surface area contributed by atoms with Crippen molar-refractivity contribution in [3.8, 4) is 5.75 Å². The van der Waals surface area contributed by atoms with Gasteiger partial charge in [0.1, 0.15) is 5.75 Å². The lowest BCUT2D eigenvalue weighted by Gasteiger charge is -2.11. The van der Waals surface area contributed by atoms with Crippen LogP contribution in [0.15, 0.2) is 22.7 Å². The normalized spacial score (nSPS) is 11.3. The van der Waals surface area contributed by atoms with E-state index in [4.69, 9.17) is 14.4 Å². The first-order valence-electron chi connectivity index (χ1n) is 8.73. The van der Waals surface area contributed by atoms with Gasteiger partial charge in [0.15, 0.2) is 12.4 Å². The molecule has 1 aromatic carbocycles. The van der Waals surface area contributed by atoms with Gasteiger partial charge in [-0.05, 0) is 37.1 Å². The van der Waals surface area contributed by atoms with E-state index in [2.05, 4.69) is 15.5 Å². The third-order valence-electron chi connectivity index (χ3n) is 3.77. The summed E-state index contributed by atoms with van der Waals surface area (Å²) in [5, 5.41) is 15.4. The number of carboxylic acid groups (broad SMARTS) is 1. The molecule has 2 aromatic rings. The third-order valence-corrected chi connectivity index (χ3v) is 3.77. The summed E-state index contributed by atoms with van der Waals surface area (Å²) in [6.45, 7) is 7.44. The lowest BCUT2D eigenvalue weighted by Crippen LogP contribution is -2.14. The van der Waals surface area contributed by atoms with Crippen molar-refractivity contribution in [3.05, 3.63) is 35.5 Å². The second-order valence-electron chi connectivity index (χ2n) is 7.32. The number of nitrogens with one attached hydrogen (secondary N) is 1. The zero-order valence-corrected chi connectivity index (χ0v) is 16.0. The number of carbonyl (C=O) groups excluding carboxylic acids is 1. The van der Waals surface area contributed by atoms with Crippen molar-refractivity contribution < 1.29 is 24.0 Å². The van der Waals surface area contributed by atoms with Crippen LogP contribution in [0.2, 0.25) is 0 Å². The summed E-state index contributed by atoms with van der Waals surface area (Å²) in [4.78, 5) is 27.0. The van der Waals surface area contributed by atoms with E-state index in [0.717, 1.165) is 5.56 Å². The molecule has 1 heterocycles. The molecule has 0 saturated carbocycles. The van der Waals surface area contributed by atoms with Gasteiger partial charge in [-0.2, -0.15) is 4.98 Å². The monoisotopic (exact) mass is 375 g/mol. The molecule has 0 atom stereocenters.